The molecule has 6 nitrogen and oxygen atoms in total. The highest BCUT2D eigenvalue weighted by Gasteiger charge is 2.14. The van der Waals surface area contributed by atoms with Gasteiger partial charge < -0.3 is 5.73 Å². The molecule has 0 fully saturated rings. The van der Waals surface area contributed by atoms with Crippen molar-refractivity contribution in [2.24, 2.45) is 0 Å². The lowest BCUT2D eigenvalue weighted by Crippen LogP contribution is -2.02. The molecule has 2 aromatic heterocycles. The van der Waals surface area contributed by atoms with Crippen LogP contribution in [0.25, 0.3) is 16.9 Å². The highest BCUT2D eigenvalue weighted by Crippen LogP contribution is 2.24. The van der Waals surface area contributed by atoms with E-state index < -0.39 is 0 Å². The minimum atomic E-state index is 0.292. The van der Waals surface area contributed by atoms with Crippen LogP contribution in [0.3, 0.4) is 0 Å². The lowest BCUT2D eigenvalue weighted by Gasteiger charge is -2.07. The maximum atomic E-state index is 9.13. The number of nitriles is 2. The molecule has 0 aliphatic heterocycles. The predicted molar refractivity (Wildman–Crippen MR) is 77.4 cm³/mol. The third kappa shape index (κ3) is 1.87. The monoisotopic (exact) mass is 274 g/mol. The second-order valence-corrected chi connectivity index (χ2v) is 4.56. The summed E-state index contributed by atoms with van der Waals surface area (Å²) in [5, 5.41) is 18.1. The molecule has 0 unspecified atom stereocenters. The van der Waals surface area contributed by atoms with Gasteiger partial charge in [-0.05, 0) is 36.8 Å². The fourth-order valence-electron chi connectivity index (χ4n) is 2.23. The lowest BCUT2D eigenvalue weighted by molar-refractivity contribution is 1.08. The number of aromatic nitrogens is 3. The number of hydrogen-bond donors (Lipinski definition) is 1. The fraction of sp³-hybridized carbons (Fsp3) is 0.0667. The van der Waals surface area contributed by atoms with Crippen LogP contribution < -0.4 is 5.73 Å². The summed E-state index contributed by atoms with van der Waals surface area (Å²) in [6, 6.07) is 10.8. The van der Waals surface area contributed by atoms with Crippen molar-refractivity contribution in [1.82, 2.24) is 14.5 Å². The molecule has 0 atom stereocenters. The Morgan fingerprint density at radius 1 is 1.14 bits per heavy atom. The number of imidazole rings is 1. The molecule has 0 radical (unpaired) electrons. The zero-order valence-corrected chi connectivity index (χ0v) is 11.2. The summed E-state index contributed by atoms with van der Waals surface area (Å²) < 4.78 is 1.67. The van der Waals surface area contributed by atoms with Crippen LogP contribution >= 0.6 is 0 Å². The summed E-state index contributed by atoms with van der Waals surface area (Å²) in [5.74, 6) is 0.292. The lowest BCUT2D eigenvalue weighted by atomic mass is 10.1. The molecule has 3 aromatic rings. The molecule has 2 N–H and O–H groups in total. The number of anilines is 1. The molecule has 0 aliphatic carbocycles. The molecule has 0 spiro atoms. The normalized spacial score (nSPS) is 10.2. The van der Waals surface area contributed by atoms with Crippen LogP contribution in [0.5, 0.6) is 0 Å². The van der Waals surface area contributed by atoms with Crippen LogP contribution in [0.15, 0.2) is 30.5 Å². The van der Waals surface area contributed by atoms with Crippen LogP contribution in [0.2, 0.25) is 0 Å². The average molecular weight is 274 g/mol. The number of nitrogen functional groups attached to an aromatic ring is 1. The summed E-state index contributed by atoms with van der Waals surface area (Å²) >= 11 is 0. The summed E-state index contributed by atoms with van der Waals surface area (Å²) in [6.07, 6.45) is 1.68. The standard InChI is InChI=1S/C15H10N6/c1-9-4-5-19-14-13(9)20-15(18)21(14)12-3-2-10(7-16)11(6-12)8-17/h2-6H,1H3,(H2,18,20). The van der Waals surface area contributed by atoms with E-state index in [2.05, 4.69) is 9.97 Å². The topological polar surface area (TPSA) is 104 Å². The van der Waals surface area contributed by atoms with E-state index in [-0.39, 0.29) is 0 Å². The smallest absolute Gasteiger partial charge is 0.207 e. The van der Waals surface area contributed by atoms with E-state index in [1.807, 2.05) is 25.1 Å². The number of aryl methyl sites for hydroxylation is 1. The highest BCUT2D eigenvalue weighted by molar-refractivity contribution is 5.80. The second kappa shape index (κ2) is 4.62. The van der Waals surface area contributed by atoms with E-state index in [4.69, 9.17) is 16.3 Å². The summed E-state index contributed by atoms with van der Waals surface area (Å²) in [4.78, 5) is 8.63. The Morgan fingerprint density at radius 3 is 2.62 bits per heavy atom. The van der Waals surface area contributed by atoms with Gasteiger partial charge in [0.25, 0.3) is 0 Å². The largest absolute Gasteiger partial charge is 0.369 e. The number of hydrogen-bond acceptors (Lipinski definition) is 5. The molecular weight excluding hydrogens is 264 g/mol. The predicted octanol–water partition coefficient (Wildman–Crippen LogP) is 2.05. The molecule has 6 heteroatoms. The molecule has 100 valence electrons. The van der Waals surface area contributed by atoms with Crippen molar-refractivity contribution < 1.29 is 0 Å². The number of nitrogens with zero attached hydrogens (tertiary/aromatic N) is 5. The van der Waals surface area contributed by atoms with Crippen molar-refractivity contribution in [1.29, 1.82) is 10.5 Å². The van der Waals surface area contributed by atoms with Crippen LogP contribution in [-0.2, 0) is 0 Å². The average Bonchev–Trinajstić information content (AvgIpc) is 2.84. The summed E-state index contributed by atoms with van der Waals surface area (Å²) in [5.41, 5.74) is 9.58. The van der Waals surface area contributed by atoms with E-state index in [9.17, 15) is 0 Å². The fourth-order valence-corrected chi connectivity index (χ4v) is 2.23. The number of fused-ring (bicyclic) bond motifs is 1. The van der Waals surface area contributed by atoms with Crippen molar-refractivity contribution in [3.63, 3.8) is 0 Å². The third-order valence-electron chi connectivity index (χ3n) is 3.28. The molecular formula is C15H10N6. The summed E-state index contributed by atoms with van der Waals surface area (Å²) in [7, 11) is 0. The summed E-state index contributed by atoms with van der Waals surface area (Å²) in [6.45, 7) is 1.93. The van der Waals surface area contributed by atoms with Gasteiger partial charge in [0.2, 0.25) is 5.95 Å². The maximum absolute atomic E-state index is 9.13. The molecule has 2 heterocycles. The van der Waals surface area contributed by atoms with Gasteiger partial charge in [-0.15, -0.1) is 0 Å². The molecule has 0 bridgehead atoms. The zero-order valence-electron chi connectivity index (χ0n) is 11.2. The first-order valence-corrected chi connectivity index (χ1v) is 6.20. The van der Waals surface area contributed by atoms with Crippen molar-refractivity contribution in [3.8, 4) is 17.8 Å². The van der Waals surface area contributed by atoms with E-state index in [1.165, 1.54) is 0 Å². The van der Waals surface area contributed by atoms with Crippen LogP contribution in [0, 0.1) is 29.6 Å². The first kappa shape index (κ1) is 12.6. The van der Waals surface area contributed by atoms with Gasteiger partial charge in [-0.1, -0.05) is 0 Å². The molecule has 21 heavy (non-hydrogen) atoms. The first-order valence-electron chi connectivity index (χ1n) is 6.20. The van der Waals surface area contributed by atoms with Crippen LogP contribution in [0.1, 0.15) is 16.7 Å². The van der Waals surface area contributed by atoms with Crippen molar-refractivity contribution in [2.45, 2.75) is 6.92 Å². The Hall–Kier alpha value is -3.38. The van der Waals surface area contributed by atoms with Gasteiger partial charge in [-0.3, -0.25) is 4.57 Å². The Morgan fingerprint density at radius 2 is 1.90 bits per heavy atom. The third-order valence-corrected chi connectivity index (χ3v) is 3.28. The van der Waals surface area contributed by atoms with Gasteiger partial charge in [0, 0.05) is 6.20 Å². The van der Waals surface area contributed by atoms with Gasteiger partial charge in [-0.2, -0.15) is 10.5 Å². The van der Waals surface area contributed by atoms with Gasteiger partial charge >= 0.3 is 0 Å². The molecule has 1 aromatic carbocycles. The van der Waals surface area contributed by atoms with Crippen molar-refractivity contribution >= 4 is 17.1 Å². The van der Waals surface area contributed by atoms with E-state index >= 15 is 0 Å². The number of benzene rings is 1. The highest BCUT2D eigenvalue weighted by atomic mass is 15.2. The van der Waals surface area contributed by atoms with Crippen molar-refractivity contribution in [2.75, 3.05) is 5.73 Å². The van der Waals surface area contributed by atoms with Gasteiger partial charge in [0.1, 0.15) is 17.7 Å². The molecule has 3 rings (SSSR count). The molecule has 0 saturated carbocycles. The zero-order chi connectivity index (χ0) is 15.0. The Balaban J connectivity index is 2.32. The van der Waals surface area contributed by atoms with E-state index in [1.54, 1.807) is 29.0 Å². The number of rotatable bonds is 1. The minimum absolute atomic E-state index is 0.292. The second-order valence-electron chi connectivity index (χ2n) is 4.56. The first-order chi connectivity index (χ1) is 10.2. The van der Waals surface area contributed by atoms with Gasteiger partial charge in [0.05, 0.1) is 16.8 Å². The van der Waals surface area contributed by atoms with E-state index in [0.717, 1.165) is 11.1 Å². The number of pyridine rings is 1. The minimum Gasteiger partial charge on any atom is -0.369 e. The molecule has 0 aliphatic rings. The Bertz CT molecular complexity index is 939. The van der Waals surface area contributed by atoms with Gasteiger partial charge in [0.15, 0.2) is 5.65 Å². The van der Waals surface area contributed by atoms with Crippen LogP contribution in [-0.4, -0.2) is 14.5 Å². The maximum Gasteiger partial charge on any atom is 0.207 e. The van der Waals surface area contributed by atoms with Gasteiger partial charge in [-0.25, -0.2) is 9.97 Å². The number of nitrogens with two attached hydrogens (primary N) is 1. The van der Waals surface area contributed by atoms with Crippen molar-refractivity contribution in [3.05, 3.63) is 47.2 Å². The van der Waals surface area contributed by atoms with E-state index in [0.29, 0.717) is 28.4 Å². The Labute approximate surface area is 120 Å². The molecule has 0 saturated heterocycles. The quantitative estimate of drug-likeness (QED) is 0.731. The Kier molecular flexibility index (Phi) is 2.78. The van der Waals surface area contributed by atoms with Crippen LogP contribution in [0.4, 0.5) is 5.95 Å². The molecule has 0 amide bonds. The SMILES string of the molecule is Cc1ccnc2c1nc(N)n2-c1ccc(C#N)c(C#N)c1.